The van der Waals surface area contributed by atoms with Gasteiger partial charge in [-0.25, -0.2) is 9.18 Å². The van der Waals surface area contributed by atoms with Crippen LogP contribution in [0.2, 0.25) is 0 Å². The number of nitrogens with zero attached hydrogens (tertiary/aromatic N) is 3. The Balaban J connectivity index is 1.06. The number of hydrogen-bond acceptors (Lipinski definition) is 12. The van der Waals surface area contributed by atoms with Crippen molar-refractivity contribution in [3.63, 3.8) is 0 Å². The van der Waals surface area contributed by atoms with Crippen molar-refractivity contribution in [2.75, 3.05) is 69.4 Å². The minimum absolute atomic E-state index is 0.0526. The van der Waals surface area contributed by atoms with Crippen LogP contribution in [-0.4, -0.2) is 89.0 Å². The molecular formula is C42H47FN4O9. The number of piperidine rings is 1. The lowest BCUT2D eigenvalue weighted by molar-refractivity contribution is -0.763. The maximum absolute atomic E-state index is 13.9. The van der Waals surface area contributed by atoms with Crippen LogP contribution in [0.4, 0.5) is 15.8 Å². The average molecular weight is 771 g/mol. The molecule has 4 aromatic rings. The van der Waals surface area contributed by atoms with Crippen molar-refractivity contribution in [2.45, 2.75) is 50.3 Å². The van der Waals surface area contributed by atoms with Gasteiger partial charge in [0.1, 0.15) is 42.7 Å². The molecule has 296 valence electrons. The van der Waals surface area contributed by atoms with Crippen LogP contribution >= 0.6 is 0 Å². The number of ether oxygens (including phenoxy) is 5. The van der Waals surface area contributed by atoms with Crippen molar-refractivity contribution >= 4 is 17.3 Å². The Morgan fingerprint density at radius 1 is 0.964 bits per heavy atom. The van der Waals surface area contributed by atoms with E-state index in [-0.39, 0.29) is 30.5 Å². The van der Waals surface area contributed by atoms with Crippen molar-refractivity contribution in [1.82, 2.24) is 5.32 Å². The molecule has 56 heavy (non-hydrogen) atoms. The molecule has 1 N–H and O–H groups in total. The summed E-state index contributed by atoms with van der Waals surface area (Å²) < 4.78 is 44.3. The molecule has 7 rings (SSSR count). The summed E-state index contributed by atoms with van der Waals surface area (Å²) in [6, 6.07) is 27.0. The Labute approximate surface area is 325 Å². The van der Waals surface area contributed by atoms with Gasteiger partial charge in [-0.2, -0.15) is 0 Å². The molecule has 13 nitrogen and oxygen atoms in total. The van der Waals surface area contributed by atoms with Gasteiger partial charge in [0.15, 0.2) is 0 Å². The molecule has 3 aliphatic rings. The summed E-state index contributed by atoms with van der Waals surface area (Å²) in [7, 11) is 1.71. The van der Waals surface area contributed by atoms with Gasteiger partial charge in [0.2, 0.25) is 0 Å². The van der Waals surface area contributed by atoms with E-state index < -0.39 is 17.2 Å². The van der Waals surface area contributed by atoms with Gasteiger partial charge in [-0.05, 0) is 77.7 Å². The van der Waals surface area contributed by atoms with E-state index in [1.165, 1.54) is 6.07 Å². The van der Waals surface area contributed by atoms with Gasteiger partial charge in [0.05, 0.1) is 37.1 Å². The fraction of sp³-hybridized carbons (Fsp3) is 0.405. The highest BCUT2D eigenvalue weighted by atomic mass is 19.1. The van der Waals surface area contributed by atoms with E-state index in [0.29, 0.717) is 56.3 Å². The second-order valence-electron chi connectivity index (χ2n) is 14.2. The molecule has 4 atom stereocenters. The minimum atomic E-state index is -0.855. The number of nitrogens with one attached hydrogen (secondary N) is 1. The third-order valence-corrected chi connectivity index (χ3v) is 10.4. The standard InChI is InChI=1S/C42H47FN4O9/c1-51-20-3-17-45-19-21-52-38-15-8-30(22-37(38)45)27-53-39-24-44-25-40(56-42(48)32-9-6-29(7-10-32)28-54-47(49)50)41(39)31-11-13-35(14-12-31)55-36-16-18-46(26-36)34-5-2-4-33(43)23-34/h2,4-15,22-23,36,39-41,44H,3,16-21,24-28H2,1H3. The van der Waals surface area contributed by atoms with Gasteiger partial charge in [0, 0.05) is 57.9 Å². The van der Waals surface area contributed by atoms with Crippen molar-refractivity contribution < 1.29 is 42.8 Å². The third kappa shape index (κ3) is 9.86. The highest BCUT2D eigenvalue weighted by Gasteiger charge is 2.38. The summed E-state index contributed by atoms with van der Waals surface area (Å²) in [5.74, 6) is 0.469. The van der Waals surface area contributed by atoms with Crippen LogP contribution in [0.15, 0.2) is 91.0 Å². The first-order chi connectivity index (χ1) is 27.3. The number of benzene rings is 4. The largest absolute Gasteiger partial charge is 0.490 e. The Morgan fingerprint density at radius 3 is 2.55 bits per heavy atom. The van der Waals surface area contributed by atoms with E-state index in [0.717, 1.165) is 60.7 Å². The number of anilines is 2. The smallest absolute Gasteiger partial charge is 0.338 e. The Kier molecular flexibility index (Phi) is 12.8. The summed E-state index contributed by atoms with van der Waals surface area (Å²) in [5, 5.41) is 13.2. The lowest BCUT2D eigenvalue weighted by Crippen LogP contribution is -2.51. The summed E-state index contributed by atoms with van der Waals surface area (Å²) in [4.78, 5) is 33.0. The van der Waals surface area contributed by atoms with Crippen LogP contribution in [0.25, 0.3) is 0 Å². The number of fused-ring (bicyclic) bond motifs is 1. The first-order valence-corrected chi connectivity index (χ1v) is 19.0. The molecule has 2 fully saturated rings. The molecule has 0 saturated carbocycles. The van der Waals surface area contributed by atoms with Crippen molar-refractivity contribution in [2.24, 2.45) is 0 Å². The molecule has 0 aromatic heterocycles. The summed E-state index contributed by atoms with van der Waals surface area (Å²) in [6.07, 6.45) is 0.736. The van der Waals surface area contributed by atoms with E-state index in [1.807, 2.05) is 42.5 Å². The lowest BCUT2D eigenvalue weighted by atomic mass is 9.85. The molecule has 0 aliphatic carbocycles. The fourth-order valence-electron chi connectivity index (χ4n) is 7.57. The third-order valence-electron chi connectivity index (χ3n) is 10.4. The van der Waals surface area contributed by atoms with Crippen LogP contribution in [0.1, 0.15) is 45.8 Å². The SMILES string of the molecule is COCCCN1CCOc2ccc(COC3CNCC(OC(=O)c4ccc(CO[N+](=O)[O-])cc4)C3c3ccc(OC4CCN(c5cccc(F)c5)C4)cc3)cc21. The molecule has 0 radical (unpaired) electrons. The van der Waals surface area contributed by atoms with Gasteiger partial charge >= 0.3 is 5.97 Å². The van der Waals surface area contributed by atoms with Crippen LogP contribution in [0.3, 0.4) is 0 Å². The van der Waals surface area contributed by atoms with E-state index in [9.17, 15) is 19.3 Å². The monoisotopic (exact) mass is 770 g/mol. The number of halogens is 1. The van der Waals surface area contributed by atoms with Crippen LogP contribution in [-0.2, 0) is 32.3 Å². The molecule has 14 heteroatoms. The van der Waals surface area contributed by atoms with Crippen molar-refractivity contribution in [3.8, 4) is 11.5 Å². The first kappa shape index (κ1) is 38.8. The zero-order valence-corrected chi connectivity index (χ0v) is 31.3. The van der Waals surface area contributed by atoms with Crippen LogP contribution in [0.5, 0.6) is 11.5 Å². The number of methoxy groups -OCH3 is 1. The van der Waals surface area contributed by atoms with Gasteiger partial charge in [-0.1, -0.05) is 36.4 Å². The van der Waals surface area contributed by atoms with Gasteiger partial charge < -0.3 is 43.6 Å². The molecule has 0 spiro atoms. The van der Waals surface area contributed by atoms with E-state index >= 15 is 0 Å². The zero-order valence-electron chi connectivity index (χ0n) is 31.3. The van der Waals surface area contributed by atoms with E-state index in [2.05, 4.69) is 26.0 Å². The zero-order chi connectivity index (χ0) is 38.9. The average Bonchev–Trinajstić information content (AvgIpc) is 3.68. The molecule has 4 aromatic carbocycles. The van der Waals surface area contributed by atoms with Crippen LogP contribution < -0.4 is 24.6 Å². The predicted molar refractivity (Wildman–Crippen MR) is 206 cm³/mol. The molecule has 0 bridgehead atoms. The predicted octanol–water partition coefficient (Wildman–Crippen LogP) is 5.92. The fourth-order valence-corrected chi connectivity index (χ4v) is 7.57. The molecule has 2 saturated heterocycles. The Bertz CT molecular complexity index is 1930. The van der Waals surface area contributed by atoms with Crippen molar-refractivity contribution in [3.05, 3.63) is 129 Å². The summed E-state index contributed by atoms with van der Waals surface area (Å²) >= 11 is 0. The lowest BCUT2D eigenvalue weighted by Gasteiger charge is -2.38. The maximum Gasteiger partial charge on any atom is 0.338 e. The number of rotatable bonds is 16. The molecular weight excluding hydrogens is 723 g/mol. The van der Waals surface area contributed by atoms with Crippen molar-refractivity contribution in [1.29, 1.82) is 0 Å². The Morgan fingerprint density at radius 2 is 1.77 bits per heavy atom. The molecule has 0 amide bonds. The summed E-state index contributed by atoms with van der Waals surface area (Å²) in [6.45, 7) is 5.45. The molecule has 3 aliphatic heterocycles. The van der Waals surface area contributed by atoms with Gasteiger partial charge in [-0.15, -0.1) is 10.1 Å². The normalized spacial score (nSPS) is 20.5. The number of carbonyl (C=O) groups excluding carboxylic acids is 1. The number of esters is 1. The molecule has 3 heterocycles. The first-order valence-electron chi connectivity index (χ1n) is 19.0. The van der Waals surface area contributed by atoms with E-state index in [1.54, 1.807) is 43.5 Å². The highest BCUT2D eigenvalue weighted by Crippen LogP contribution is 2.36. The minimum Gasteiger partial charge on any atom is -0.490 e. The second-order valence-corrected chi connectivity index (χ2v) is 14.2. The van der Waals surface area contributed by atoms with Gasteiger partial charge in [0.25, 0.3) is 5.09 Å². The summed E-state index contributed by atoms with van der Waals surface area (Å²) in [5.41, 5.74) is 4.67. The quantitative estimate of drug-likeness (QED) is 0.0627. The van der Waals surface area contributed by atoms with Gasteiger partial charge in [-0.3, -0.25) is 0 Å². The highest BCUT2D eigenvalue weighted by molar-refractivity contribution is 5.89. The second kappa shape index (κ2) is 18.5. The van der Waals surface area contributed by atoms with Crippen LogP contribution in [0, 0.1) is 15.9 Å². The Hall–Kier alpha value is -5.44. The van der Waals surface area contributed by atoms with E-state index in [4.69, 9.17) is 23.7 Å². The number of hydrogen-bond donors (Lipinski definition) is 1. The maximum atomic E-state index is 13.9. The molecule has 4 unspecified atom stereocenters. The topological polar surface area (TPSA) is 134 Å². The number of carbonyl (C=O) groups is 1.